The molecule has 1 aromatic heterocycles. The zero-order valence-corrected chi connectivity index (χ0v) is 16.8. The van der Waals surface area contributed by atoms with Crippen molar-refractivity contribution in [2.24, 2.45) is 5.92 Å². The van der Waals surface area contributed by atoms with Gasteiger partial charge in [0.05, 0.1) is 16.1 Å². The van der Waals surface area contributed by atoms with Gasteiger partial charge in [0.2, 0.25) is 9.84 Å². The van der Waals surface area contributed by atoms with Gasteiger partial charge in [-0.15, -0.1) is 0 Å². The van der Waals surface area contributed by atoms with E-state index < -0.39 is 15.7 Å². The summed E-state index contributed by atoms with van der Waals surface area (Å²) in [6.07, 6.45) is 3.49. The van der Waals surface area contributed by atoms with E-state index in [2.05, 4.69) is 16.8 Å². The predicted molar refractivity (Wildman–Crippen MR) is 109 cm³/mol. The lowest BCUT2D eigenvalue weighted by Crippen LogP contribution is -2.34. The van der Waals surface area contributed by atoms with Gasteiger partial charge in [-0.1, -0.05) is 18.6 Å². The Hall–Kier alpha value is -2.47. The van der Waals surface area contributed by atoms with Crippen molar-refractivity contribution in [2.75, 3.05) is 18.0 Å². The molecule has 0 spiro atoms. The van der Waals surface area contributed by atoms with Crippen molar-refractivity contribution in [3.8, 4) is 0 Å². The van der Waals surface area contributed by atoms with Crippen molar-refractivity contribution >= 4 is 26.4 Å². The number of hydrogen-bond acceptors (Lipinski definition) is 4. The monoisotopic (exact) mass is 398 g/mol. The maximum absolute atomic E-state index is 13.4. The third-order valence-corrected chi connectivity index (χ3v) is 7.25. The van der Waals surface area contributed by atoms with Gasteiger partial charge in [0.25, 0.3) is 0 Å². The average molecular weight is 399 g/mol. The Morgan fingerprint density at radius 1 is 1.07 bits per heavy atom. The van der Waals surface area contributed by atoms with E-state index in [1.54, 1.807) is 0 Å². The minimum Gasteiger partial charge on any atom is -0.370 e. The minimum atomic E-state index is -3.82. The summed E-state index contributed by atoms with van der Waals surface area (Å²) in [4.78, 5) is 6.85. The molecule has 6 heteroatoms. The lowest BCUT2D eigenvalue weighted by atomic mass is 9.98. The zero-order valence-electron chi connectivity index (χ0n) is 16.0. The van der Waals surface area contributed by atoms with Crippen LogP contribution in [-0.2, 0) is 9.84 Å². The van der Waals surface area contributed by atoms with Crippen LogP contribution < -0.4 is 4.90 Å². The van der Waals surface area contributed by atoms with Crippen LogP contribution in [0.25, 0.3) is 10.9 Å². The zero-order chi connectivity index (χ0) is 19.9. The van der Waals surface area contributed by atoms with Gasteiger partial charge in [-0.2, -0.15) is 0 Å². The van der Waals surface area contributed by atoms with E-state index in [4.69, 9.17) is 0 Å². The fraction of sp³-hybridized carbons (Fsp3) is 0.318. The first-order chi connectivity index (χ1) is 13.4. The number of fused-ring (bicyclic) bond motifs is 1. The predicted octanol–water partition coefficient (Wildman–Crippen LogP) is 4.75. The highest BCUT2D eigenvalue weighted by Gasteiger charge is 2.28. The van der Waals surface area contributed by atoms with Gasteiger partial charge in [0.1, 0.15) is 10.7 Å². The Morgan fingerprint density at radius 3 is 2.43 bits per heavy atom. The molecule has 0 N–H and O–H groups in total. The van der Waals surface area contributed by atoms with E-state index in [0.717, 1.165) is 42.4 Å². The molecule has 1 aliphatic rings. The molecule has 1 saturated heterocycles. The van der Waals surface area contributed by atoms with Crippen molar-refractivity contribution in [1.29, 1.82) is 0 Å². The molecule has 1 aliphatic heterocycles. The number of aromatic nitrogens is 1. The molecule has 0 bridgehead atoms. The molecule has 4 nitrogen and oxygen atoms in total. The molecule has 0 aliphatic carbocycles. The Labute approximate surface area is 164 Å². The maximum Gasteiger partial charge on any atom is 0.210 e. The number of aryl methyl sites for hydroxylation is 1. The smallest absolute Gasteiger partial charge is 0.210 e. The van der Waals surface area contributed by atoms with Gasteiger partial charge < -0.3 is 4.90 Å². The van der Waals surface area contributed by atoms with Gasteiger partial charge >= 0.3 is 0 Å². The van der Waals surface area contributed by atoms with Gasteiger partial charge in [0, 0.05) is 24.7 Å². The van der Waals surface area contributed by atoms with E-state index in [0.29, 0.717) is 11.6 Å². The average Bonchev–Trinajstić information content (AvgIpc) is 2.68. The number of nitrogens with zero attached hydrogens (tertiary/aromatic N) is 2. The van der Waals surface area contributed by atoms with Crippen molar-refractivity contribution in [3.63, 3.8) is 0 Å². The molecule has 2 aromatic carbocycles. The lowest BCUT2D eigenvalue weighted by Gasteiger charge is -2.34. The molecule has 0 saturated carbocycles. The van der Waals surface area contributed by atoms with Crippen molar-refractivity contribution in [3.05, 3.63) is 60.0 Å². The normalized spacial score (nSPS) is 15.9. The highest BCUT2D eigenvalue weighted by Crippen LogP contribution is 2.38. The third kappa shape index (κ3) is 3.37. The van der Waals surface area contributed by atoms with Gasteiger partial charge in [-0.3, -0.25) is 4.98 Å². The SMILES string of the molecule is Cc1ccc2ncc(S(=O)(=O)c3ccc(F)cc3)c(N3CCC(C)CC3)c2c1. The quantitative estimate of drug-likeness (QED) is 0.598. The van der Waals surface area contributed by atoms with Crippen LogP contribution in [0.15, 0.2) is 58.5 Å². The molecule has 0 amide bonds. The van der Waals surface area contributed by atoms with Crippen LogP contribution in [0, 0.1) is 18.7 Å². The number of benzene rings is 2. The Bertz CT molecular complexity index is 1120. The molecule has 4 rings (SSSR count). The highest BCUT2D eigenvalue weighted by molar-refractivity contribution is 7.91. The molecule has 0 atom stereocenters. The summed E-state index contributed by atoms with van der Waals surface area (Å²) in [6, 6.07) is 10.9. The van der Waals surface area contributed by atoms with Crippen LogP contribution in [0.4, 0.5) is 10.1 Å². The molecule has 146 valence electrons. The van der Waals surface area contributed by atoms with Crippen molar-refractivity contribution < 1.29 is 12.8 Å². The fourth-order valence-electron chi connectivity index (χ4n) is 3.77. The number of sulfone groups is 1. The van der Waals surface area contributed by atoms with Crippen LogP contribution in [0.1, 0.15) is 25.3 Å². The standard InChI is InChI=1S/C22H23FN2O2S/c1-15-9-11-25(12-10-15)22-19-13-16(2)3-8-20(19)24-14-21(22)28(26,27)18-6-4-17(23)5-7-18/h3-8,13-15H,9-12H2,1-2H3. The molecule has 2 heterocycles. The Kier molecular flexibility index (Phi) is 4.83. The number of piperidine rings is 1. The summed E-state index contributed by atoms with van der Waals surface area (Å²) >= 11 is 0. The number of anilines is 1. The molecule has 1 fully saturated rings. The number of hydrogen-bond donors (Lipinski definition) is 0. The number of pyridine rings is 1. The molecular formula is C22H23FN2O2S. The van der Waals surface area contributed by atoms with E-state index in [-0.39, 0.29) is 9.79 Å². The molecular weight excluding hydrogens is 375 g/mol. The molecule has 0 radical (unpaired) electrons. The first-order valence-corrected chi connectivity index (χ1v) is 11.0. The Balaban J connectivity index is 1.95. The van der Waals surface area contributed by atoms with Gasteiger partial charge in [0.15, 0.2) is 0 Å². The first-order valence-electron chi connectivity index (χ1n) is 9.51. The maximum atomic E-state index is 13.4. The van der Waals surface area contributed by atoms with Gasteiger partial charge in [-0.25, -0.2) is 12.8 Å². The van der Waals surface area contributed by atoms with E-state index in [9.17, 15) is 12.8 Å². The minimum absolute atomic E-state index is 0.0781. The summed E-state index contributed by atoms with van der Waals surface area (Å²) in [5, 5.41) is 0.845. The van der Waals surface area contributed by atoms with Crippen molar-refractivity contribution in [2.45, 2.75) is 36.5 Å². The second-order valence-electron chi connectivity index (χ2n) is 7.62. The van der Waals surface area contributed by atoms with Gasteiger partial charge in [-0.05, 0) is 62.1 Å². The van der Waals surface area contributed by atoms with Crippen LogP contribution in [0.2, 0.25) is 0 Å². The second-order valence-corrected chi connectivity index (χ2v) is 9.54. The fourth-order valence-corrected chi connectivity index (χ4v) is 5.20. The van der Waals surface area contributed by atoms with Crippen LogP contribution in [0.3, 0.4) is 0 Å². The third-order valence-electron chi connectivity index (χ3n) is 5.47. The summed E-state index contributed by atoms with van der Waals surface area (Å²) in [6.45, 7) is 5.82. The largest absolute Gasteiger partial charge is 0.370 e. The van der Waals surface area contributed by atoms with E-state index in [1.165, 1.54) is 30.5 Å². The van der Waals surface area contributed by atoms with Crippen LogP contribution >= 0.6 is 0 Å². The summed E-state index contributed by atoms with van der Waals surface area (Å²) in [5.74, 6) is 0.166. The highest BCUT2D eigenvalue weighted by atomic mass is 32.2. The van der Waals surface area contributed by atoms with Crippen molar-refractivity contribution in [1.82, 2.24) is 4.98 Å². The van der Waals surface area contributed by atoms with Crippen LogP contribution in [0.5, 0.6) is 0 Å². The first kappa shape index (κ1) is 18.9. The van der Waals surface area contributed by atoms with E-state index in [1.807, 2.05) is 25.1 Å². The molecule has 28 heavy (non-hydrogen) atoms. The summed E-state index contributed by atoms with van der Waals surface area (Å²) < 4.78 is 40.1. The van der Waals surface area contributed by atoms with E-state index >= 15 is 0 Å². The topological polar surface area (TPSA) is 50.3 Å². The summed E-state index contributed by atoms with van der Waals surface area (Å²) in [7, 11) is -3.82. The van der Waals surface area contributed by atoms with Crippen LogP contribution in [-0.4, -0.2) is 26.5 Å². The Morgan fingerprint density at radius 2 is 1.75 bits per heavy atom. The summed E-state index contributed by atoms with van der Waals surface area (Å²) in [5.41, 5.74) is 2.54. The number of halogens is 1. The number of rotatable bonds is 3. The lowest BCUT2D eigenvalue weighted by molar-refractivity contribution is 0.437. The molecule has 3 aromatic rings. The second kappa shape index (κ2) is 7.17. The molecule has 0 unspecified atom stereocenters.